The lowest BCUT2D eigenvalue weighted by Gasteiger charge is -2.33. The summed E-state index contributed by atoms with van der Waals surface area (Å²) in [5.41, 5.74) is 1.12. The molecule has 1 aliphatic rings. The van der Waals surface area contributed by atoms with Gasteiger partial charge in [-0.1, -0.05) is 13.0 Å². The molecule has 1 saturated heterocycles. The van der Waals surface area contributed by atoms with E-state index in [1.54, 1.807) is 0 Å². The summed E-state index contributed by atoms with van der Waals surface area (Å²) in [5.74, 6) is 2.35. The Morgan fingerprint density at radius 3 is 3.18 bits per heavy atom. The smallest absolute Gasteiger partial charge is 0.128 e. The number of anilines is 1. The third kappa shape index (κ3) is 3.36. The monoisotopic (exact) mass is 251 g/mol. The predicted molar refractivity (Wildman–Crippen MR) is 75.8 cm³/mol. The van der Waals surface area contributed by atoms with Gasteiger partial charge in [0.15, 0.2) is 0 Å². The van der Waals surface area contributed by atoms with E-state index in [1.807, 2.05) is 7.05 Å². The Balaban J connectivity index is 2.07. The lowest BCUT2D eigenvalue weighted by atomic mass is 10.2. The quantitative estimate of drug-likeness (QED) is 0.887. The molecule has 2 heterocycles. The van der Waals surface area contributed by atoms with Crippen LogP contribution in [0.25, 0.3) is 0 Å². The van der Waals surface area contributed by atoms with Crippen LogP contribution in [0.4, 0.5) is 5.82 Å². The molecule has 3 nitrogen and oxygen atoms in total. The van der Waals surface area contributed by atoms with Crippen LogP contribution in [0.2, 0.25) is 0 Å². The molecule has 2 rings (SSSR count). The number of nitrogens with one attached hydrogen (secondary N) is 1. The molecule has 1 aromatic rings. The fraction of sp³-hybridized carbons (Fsp3) is 0.615. The summed E-state index contributed by atoms with van der Waals surface area (Å²) >= 11 is 2.09. The zero-order valence-corrected chi connectivity index (χ0v) is 11.5. The lowest BCUT2D eigenvalue weighted by Crippen LogP contribution is -2.38. The Morgan fingerprint density at radius 2 is 2.41 bits per heavy atom. The van der Waals surface area contributed by atoms with Gasteiger partial charge in [-0.05, 0) is 25.6 Å². The molecule has 1 unspecified atom stereocenters. The molecule has 1 aliphatic heterocycles. The molecule has 0 spiro atoms. The zero-order chi connectivity index (χ0) is 12.1. The van der Waals surface area contributed by atoms with Crippen LogP contribution in [0.5, 0.6) is 0 Å². The van der Waals surface area contributed by atoms with Crippen molar-refractivity contribution in [2.45, 2.75) is 25.1 Å². The van der Waals surface area contributed by atoms with Crippen LogP contribution in [0.3, 0.4) is 0 Å². The normalized spacial score (nSPS) is 20.6. The average Bonchev–Trinajstić information content (AvgIpc) is 2.40. The highest BCUT2D eigenvalue weighted by Gasteiger charge is 2.19. The first-order chi connectivity index (χ1) is 8.33. The first kappa shape index (κ1) is 12.7. The van der Waals surface area contributed by atoms with Crippen molar-refractivity contribution in [3.63, 3.8) is 0 Å². The van der Waals surface area contributed by atoms with E-state index in [-0.39, 0.29) is 0 Å². The molecule has 1 fully saturated rings. The van der Waals surface area contributed by atoms with Crippen LogP contribution in [0, 0.1) is 0 Å². The van der Waals surface area contributed by atoms with Crippen LogP contribution < -0.4 is 10.2 Å². The standard InChI is InChI=1S/C13H21N3S/c1-3-12-10-16(7-8-17-12)13-6-4-5-11(15-13)9-14-2/h4-6,12,14H,3,7-10H2,1-2H3. The van der Waals surface area contributed by atoms with Crippen molar-refractivity contribution >= 4 is 17.6 Å². The topological polar surface area (TPSA) is 28.2 Å². The SMILES string of the molecule is CCC1CN(c2cccc(CNC)n2)CCS1. The van der Waals surface area contributed by atoms with E-state index in [9.17, 15) is 0 Å². The summed E-state index contributed by atoms with van der Waals surface area (Å²) in [7, 11) is 1.96. The van der Waals surface area contributed by atoms with E-state index >= 15 is 0 Å². The fourth-order valence-electron chi connectivity index (χ4n) is 2.10. The summed E-state index contributed by atoms with van der Waals surface area (Å²) in [6.07, 6.45) is 1.25. The maximum atomic E-state index is 4.71. The van der Waals surface area contributed by atoms with Crippen molar-refractivity contribution in [1.29, 1.82) is 0 Å². The number of hydrogen-bond acceptors (Lipinski definition) is 4. The highest BCUT2D eigenvalue weighted by atomic mass is 32.2. The second-order valence-electron chi connectivity index (χ2n) is 4.36. The fourth-order valence-corrected chi connectivity index (χ4v) is 3.28. The molecule has 0 aromatic carbocycles. The van der Waals surface area contributed by atoms with E-state index in [1.165, 1.54) is 12.2 Å². The number of rotatable bonds is 4. The van der Waals surface area contributed by atoms with E-state index in [2.05, 4.69) is 47.1 Å². The summed E-state index contributed by atoms with van der Waals surface area (Å²) in [4.78, 5) is 7.13. The minimum atomic E-state index is 0.763. The van der Waals surface area contributed by atoms with Crippen LogP contribution in [0.15, 0.2) is 18.2 Å². The predicted octanol–water partition coefficient (Wildman–Crippen LogP) is 2.13. The molecular weight excluding hydrogens is 230 g/mol. The van der Waals surface area contributed by atoms with Gasteiger partial charge in [-0.25, -0.2) is 4.98 Å². The molecule has 1 atom stereocenters. The highest BCUT2D eigenvalue weighted by Crippen LogP contribution is 2.24. The molecule has 0 saturated carbocycles. The summed E-state index contributed by atoms with van der Waals surface area (Å²) < 4.78 is 0. The van der Waals surface area contributed by atoms with Gasteiger partial charge in [0, 0.05) is 30.6 Å². The molecule has 94 valence electrons. The number of thioether (sulfide) groups is 1. The number of aromatic nitrogens is 1. The van der Waals surface area contributed by atoms with Crippen molar-refractivity contribution in [3.05, 3.63) is 23.9 Å². The van der Waals surface area contributed by atoms with Gasteiger partial charge >= 0.3 is 0 Å². The van der Waals surface area contributed by atoms with Gasteiger partial charge in [0.05, 0.1) is 5.69 Å². The van der Waals surface area contributed by atoms with Crippen molar-refractivity contribution in [1.82, 2.24) is 10.3 Å². The van der Waals surface area contributed by atoms with Crippen LogP contribution >= 0.6 is 11.8 Å². The van der Waals surface area contributed by atoms with Crippen molar-refractivity contribution in [2.75, 3.05) is 30.8 Å². The number of nitrogens with zero attached hydrogens (tertiary/aromatic N) is 2. The third-order valence-electron chi connectivity index (χ3n) is 3.07. The van der Waals surface area contributed by atoms with Gasteiger partial charge in [-0.2, -0.15) is 11.8 Å². The van der Waals surface area contributed by atoms with Gasteiger partial charge in [-0.3, -0.25) is 0 Å². The van der Waals surface area contributed by atoms with Gasteiger partial charge < -0.3 is 10.2 Å². The lowest BCUT2D eigenvalue weighted by molar-refractivity contribution is 0.713. The van der Waals surface area contributed by atoms with Gasteiger partial charge in [0.25, 0.3) is 0 Å². The van der Waals surface area contributed by atoms with E-state index in [0.717, 1.165) is 36.4 Å². The van der Waals surface area contributed by atoms with Crippen molar-refractivity contribution in [3.8, 4) is 0 Å². The molecule has 1 aromatic heterocycles. The number of pyridine rings is 1. The van der Waals surface area contributed by atoms with Crippen molar-refractivity contribution in [2.24, 2.45) is 0 Å². The molecule has 0 radical (unpaired) electrons. The third-order valence-corrected chi connectivity index (χ3v) is 4.44. The van der Waals surface area contributed by atoms with E-state index < -0.39 is 0 Å². The van der Waals surface area contributed by atoms with E-state index in [0.29, 0.717) is 0 Å². The molecular formula is C13H21N3S. The summed E-state index contributed by atoms with van der Waals surface area (Å²) in [6, 6.07) is 6.32. The first-order valence-corrected chi connectivity index (χ1v) is 7.35. The number of hydrogen-bond donors (Lipinski definition) is 1. The van der Waals surface area contributed by atoms with Gasteiger partial charge in [0.2, 0.25) is 0 Å². The molecule has 0 amide bonds. The van der Waals surface area contributed by atoms with Gasteiger partial charge in [-0.15, -0.1) is 0 Å². The van der Waals surface area contributed by atoms with E-state index in [4.69, 9.17) is 4.98 Å². The largest absolute Gasteiger partial charge is 0.355 e. The Kier molecular flexibility index (Phi) is 4.68. The molecule has 1 N–H and O–H groups in total. The minimum Gasteiger partial charge on any atom is -0.355 e. The molecule has 17 heavy (non-hydrogen) atoms. The summed E-state index contributed by atoms with van der Waals surface area (Å²) in [6.45, 7) is 5.37. The van der Waals surface area contributed by atoms with Gasteiger partial charge in [0.1, 0.15) is 5.82 Å². The Morgan fingerprint density at radius 1 is 1.53 bits per heavy atom. The Labute approximate surface area is 108 Å². The first-order valence-electron chi connectivity index (χ1n) is 6.30. The molecule has 0 aliphatic carbocycles. The Hall–Kier alpha value is -0.740. The minimum absolute atomic E-state index is 0.763. The summed E-state index contributed by atoms with van der Waals surface area (Å²) in [5, 5.41) is 3.91. The maximum absolute atomic E-state index is 4.71. The average molecular weight is 251 g/mol. The second-order valence-corrected chi connectivity index (χ2v) is 5.77. The second kappa shape index (κ2) is 6.26. The van der Waals surface area contributed by atoms with Crippen LogP contribution in [-0.2, 0) is 6.54 Å². The molecule has 0 bridgehead atoms. The van der Waals surface area contributed by atoms with Crippen LogP contribution in [0.1, 0.15) is 19.0 Å². The van der Waals surface area contributed by atoms with Crippen molar-refractivity contribution < 1.29 is 0 Å². The molecule has 4 heteroatoms. The zero-order valence-electron chi connectivity index (χ0n) is 10.6. The maximum Gasteiger partial charge on any atom is 0.128 e. The highest BCUT2D eigenvalue weighted by molar-refractivity contribution is 8.00. The van der Waals surface area contributed by atoms with Crippen LogP contribution in [-0.4, -0.2) is 36.1 Å². The Bertz CT molecular complexity index is 356.